The normalized spacial score (nSPS) is 12.1. The van der Waals surface area contributed by atoms with Gasteiger partial charge in [-0.05, 0) is 23.6 Å². The van der Waals surface area contributed by atoms with Crippen molar-refractivity contribution in [1.82, 2.24) is 0 Å². The van der Waals surface area contributed by atoms with E-state index in [0.29, 0.717) is 0 Å². The molecule has 9 nitrogen and oxygen atoms in total. The molecule has 21 heavy (non-hydrogen) atoms. The van der Waals surface area contributed by atoms with Crippen LogP contribution in [0, 0.1) is 0 Å². The molecule has 0 amide bonds. The van der Waals surface area contributed by atoms with Gasteiger partial charge in [-0.3, -0.25) is 14.6 Å². The van der Waals surface area contributed by atoms with Crippen molar-refractivity contribution in [3.8, 4) is 5.75 Å². The van der Waals surface area contributed by atoms with Gasteiger partial charge in [0.05, 0.1) is 9.79 Å². The van der Waals surface area contributed by atoms with E-state index in [2.05, 4.69) is 0 Å². The van der Waals surface area contributed by atoms with Gasteiger partial charge in [0.25, 0.3) is 20.2 Å². The van der Waals surface area contributed by atoms with E-state index in [1.54, 1.807) is 0 Å². The Bertz CT molecular complexity index is 845. The molecule has 0 spiro atoms. The van der Waals surface area contributed by atoms with Gasteiger partial charge in [-0.25, -0.2) is 0 Å². The summed E-state index contributed by atoms with van der Waals surface area (Å²) in [6, 6.07) is 3.55. The van der Waals surface area contributed by atoms with E-state index in [9.17, 15) is 21.9 Å². The predicted octanol–water partition coefficient (Wildman–Crippen LogP) is 0.444. The zero-order chi connectivity index (χ0) is 15.3. The Morgan fingerprint density at radius 1 is 0.857 bits per heavy atom. The van der Waals surface area contributed by atoms with Gasteiger partial charge < -0.3 is 10.8 Å². The quantitative estimate of drug-likeness (QED) is 0.386. The van der Waals surface area contributed by atoms with Crippen molar-refractivity contribution >= 4 is 36.7 Å². The molecule has 115 valence electrons. The lowest BCUT2D eigenvalue weighted by atomic mass is 10.1. The molecule has 0 fully saturated rings. The molecule has 0 unspecified atom stereocenters. The maximum atomic E-state index is 11.1. The average Bonchev–Trinajstić information content (AvgIpc) is 2.25. The molecule has 0 heterocycles. The molecule has 0 saturated heterocycles. The highest BCUT2D eigenvalue weighted by molar-refractivity contribution is 7.86. The highest BCUT2D eigenvalue weighted by atomic mass is 32.2. The number of hydrogen-bond donors (Lipinski definition) is 5. The van der Waals surface area contributed by atoms with E-state index in [-0.39, 0.29) is 21.9 Å². The third-order valence-electron chi connectivity index (χ3n) is 2.60. The summed E-state index contributed by atoms with van der Waals surface area (Å²) in [5.41, 5.74) is 5.39. The summed E-state index contributed by atoms with van der Waals surface area (Å²) < 4.78 is 62.1. The predicted molar refractivity (Wildman–Crippen MR) is 71.6 cm³/mol. The molecule has 0 aliphatic rings. The van der Waals surface area contributed by atoms with E-state index in [4.69, 9.17) is 14.8 Å². The van der Waals surface area contributed by atoms with Crippen LogP contribution in [0.15, 0.2) is 34.1 Å². The Kier molecular flexibility index (Phi) is 4.18. The smallest absolute Gasteiger partial charge is 0.294 e. The summed E-state index contributed by atoms with van der Waals surface area (Å²) in [6.45, 7) is 0. The standard InChI is InChI=1S/C10H9NO7S2.HO/c11-8-3-6(19(13,14)15)1-5-2-7(20(16,17)18)4-9(12)10(5)8;/h1-4,12H,11H2,(H,13,14,15)(H,16,17,18);1H. The molecule has 0 bridgehead atoms. The number of aromatic hydroxyl groups is 1. The summed E-state index contributed by atoms with van der Waals surface area (Å²) >= 11 is 0. The van der Waals surface area contributed by atoms with Crippen molar-refractivity contribution in [1.29, 1.82) is 0 Å². The number of nitrogen functional groups attached to an aromatic ring is 1. The maximum absolute atomic E-state index is 11.1. The van der Waals surface area contributed by atoms with Crippen LogP contribution in [0.2, 0.25) is 0 Å². The number of fused-ring (bicyclic) bond motifs is 1. The van der Waals surface area contributed by atoms with Crippen LogP contribution < -0.4 is 5.73 Å². The number of phenols is 1. The second-order valence-electron chi connectivity index (χ2n) is 4.00. The van der Waals surface area contributed by atoms with Crippen molar-refractivity contribution in [2.45, 2.75) is 9.79 Å². The van der Waals surface area contributed by atoms with E-state index >= 15 is 0 Å². The number of anilines is 1. The first kappa shape index (κ1) is 17.1. The summed E-state index contributed by atoms with van der Waals surface area (Å²) in [6.07, 6.45) is 0. The lowest BCUT2D eigenvalue weighted by Crippen LogP contribution is -2.02. The third-order valence-corrected chi connectivity index (χ3v) is 4.26. The number of benzene rings is 2. The molecule has 2 aromatic rings. The fourth-order valence-corrected chi connectivity index (χ4v) is 2.86. The van der Waals surface area contributed by atoms with Crippen LogP contribution in [0.4, 0.5) is 5.69 Å². The van der Waals surface area contributed by atoms with Gasteiger partial charge in [0.1, 0.15) is 5.75 Å². The minimum atomic E-state index is -4.59. The zero-order valence-corrected chi connectivity index (χ0v) is 11.8. The van der Waals surface area contributed by atoms with Crippen LogP contribution in [0.5, 0.6) is 5.75 Å². The largest absolute Gasteiger partial charge is 0.507 e. The Morgan fingerprint density at radius 2 is 1.29 bits per heavy atom. The van der Waals surface area contributed by atoms with Crippen molar-refractivity contribution in [2.75, 3.05) is 5.73 Å². The topological polar surface area (TPSA) is 185 Å². The second kappa shape index (κ2) is 5.13. The van der Waals surface area contributed by atoms with Crippen molar-refractivity contribution in [3.05, 3.63) is 24.3 Å². The van der Waals surface area contributed by atoms with Gasteiger partial charge in [0.2, 0.25) is 0 Å². The molecule has 0 atom stereocenters. The fraction of sp³-hybridized carbons (Fsp3) is 0. The van der Waals surface area contributed by atoms with Gasteiger partial charge in [-0.15, -0.1) is 0 Å². The van der Waals surface area contributed by atoms with Crippen molar-refractivity contribution in [2.24, 2.45) is 0 Å². The number of rotatable bonds is 2. The first-order chi connectivity index (χ1) is 9.00. The number of hydrogen-bond acceptors (Lipinski definition) is 6. The molecular formula is C10H10NO8S2. The van der Waals surface area contributed by atoms with Crippen LogP contribution >= 0.6 is 0 Å². The SMILES string of the molecule is Nc1cc(S(=O)(=O)O)cc2cc(S(=O)(=O)O)cc(O)c12.[OH]. The van der Waals surface area contributed by atoms with E-state index in [1.807, 2.05) is 0 Å². The maximum Gasteiger partial charge on any atom is 0.294 e. The molecule has 2 rings (SSSR count). The van der Waals surface area contributed by atoms with Crippen LogP contribution in [0.1, 0.15) is 0 Å². The minimum Gasteiger partial charge on any atom is -0.507 e. The molecule has 0 aromatic heterocycles. The van der Waals surface area contributed by atoms with Crippen molar-refractivity contribution < 1.29 is 36.5 Å². The summed E-state index contributed by atoms with van der Waals surface area (Å²) in [7, 11) is -9.14. The number of nitrogens with two attached hydrogens (primary N) is 1. The minimum absolute atomic E-state index is 0. The highest BCUT2D eigenvalue weighted by Crippen LogP contribution is 2.34. The van der Waals surface area contributed by atoms with E-state index < -0.39 is 35.8 Å². The molecule has 0 aliphatic heterocycles. The average molecular weight is 336 g/mol. The fourth-order valence-electron chi connectivity index (χ4n) is 1.77. The van der Waals surface area contributed by atoms with Crippen LogP contribution in [-0.4, -0.2) is 36.5 Å². The Labute approximate surface area is 119 Å². The van der Waals surface area contributed by atoms with E-state index in [1.165, 1.54) is 0 Å². The summed E-state index contributed by atoms with van der Waals surface area (Å²) in [5.74, 6) is -0.547. The molecular weight excluding hydrogens is 326 g/mol. The lowest BCUT2D eigenvalue weighted by molar-refractivity contribution is 0.471. The molecule has 6 N–H and O–H groups in total. The second-order valence-corrected chi connectivity index (χ2v) is 6.85. The first-order valence-corrected chi connectivity index (χ1v) is 7.89. The zero-order valence-electron chi connectivity index (χ0n) is 10.1. The molecule has 2 aromatic carbocycles. The van der Waals surface area contributed by atoms with Crippen LogP contribution in [0.25, 0.3) is 10.8 Å². The molecule has 0 aliphatic carbocycles. The van der Waals surface area contributed by atoms with Crippen molar-refractivity contribution in [3.63, 3.8) is 0 Å². The molecule has 11 heteroatoms. The molecule has 1 radical (unpaired) electrons. The van der Waals surface area contributed by atoms with E-state index in [0.717, 1.165) is 24.3 Å². The Balaban J connectivity index is 0.00000220. The van der Waals surface area contributed by atoms with Gasteiger partial charge in [-0.2, -0.15) is 16.8 Å². The van der Waals surface area contributed by atoms with Gasteiger partial charge in [0.15, 0.2) is 0 Å². The van der Waals surface area contributed by atoms with Gasteiger partial charge >= 0.3 is 0 Å². The van der Waals surface area contributed by atoms with Gasteiger partial charge in [0, 0.05) is 17.1 Å². The third kappa shape index (κ3) is 3.22. The Hall–Kier alpha value is -1.92. The summed E-state index contributed by atoms with van der Waals surface area (Å²) in [5, 5.41) is 9.66. The monoisotopic (exact) mass is 336 g/mol. The summed E-state index contributed by atoms with van der Waals surface area (Å²) in [4.78, 5) is -1.19. The van der Waals surface area contributed by atoms with Crippen LogP contribution in [0.3, 0.4) is 0 Å². The lowest BCUT2D eigenvalue weighted by Gasteiger charge is -2.08. The first-order valence-electron chi connectivity index (χ1n) is 5.01. The molecule has 0 saturated carbocycles. The highest BCUT2D eigenvalue weighted by Gasteiger charge is 2.18. The Morgan fingerprint density at radius 3 is 1.71 bits per heavy atom. The number of phenolic OH excluding ortho intramolecular Hbond substituents is 1. The van der Waals surface area contributed by atoms with Gasteiger partial charge in [-0.1, -0.05) is 0 Å². The van der Waals surface area contributed by atoms with Crippen LogP contribution in [-0.2, 0) is 20.2 Å².